The number of aryl methyl sites for hydroxylation is 1. The van der Waals surface area contributed by atoms with E-state index in [-0.39, 0.29) is 11.1 Å². The molecule has 128 valence electrons. The molecule has 4 rings (SSSR count). The molecule has 4 nitrogen and oxygen atoms in total. The summed E-state index contributed by atoms with van der Waals surface area (Å²) >= 11 is 0. The highest BCUT2D eigenvalue weighted by Gasteiger charge is 2.42. The molecule has 0 atom stereocenters. The van der Waals surface area contributed by atoms with Gasteiger partial charge in [0.2, 0.25) is 0 Å². The molecule has 2 aromatic heterocycles. The first-order chi connectivity index (χ1) is 12.0. The number of nitrogens with one attached hydrogen (secondary N) is 1. The zero-order chi connectivity index (χ0) is 17.6. The molecule has 1 aliphatic carbocycles. The number of aromatic carboxylic acids is 1. The summed E-state index contributed by atoms with van der Waals surface area (Å²) in [6, 6.07) is 11.8. The lowest BCUT2D eigenvalue weighted by Crippen LogP contribution is -2.07. The minimum Gasteiger partial charge on any atom is -0.477 e. The van der Waals surface area contributed by atoms with Crippen LogP contribution in [0.5, 0.6) is 0 Å². The molecule has 0 spiro atoms. The second kappa shape index (κ2) is 5.73. The Morgan fingerprint density at radius 1 is 1.28 bits per heavy atom. The monoisotopic (exact) mass is 334 g/mol. The Hall–Kier alpha value is -2.62. The predicted octanol–water partition coefficient (Wildman–Crippen LogP) is 4.47. The third-order valence-corrected chi connectivity index (χ3v) is 5.37. The summed E-state index contributed by atoms with van der Waals surface area (Å²) in [7, 11) is 0. The van der Waals surface area contributed by atoms with Gasteiger partial charge in [0.15, 0.2) is 0 Å². The maximum absolute atomic E-state index is 11.2. The number of carboxylic acid groups (broad SMARTS) is 1. The maximum atomic E-state index is 11.2. The van der Waals surface area contributed by atoms with Gasteiger partial charge in [-0.25, -0.2) is 9.78 Å². The van der Waals surface area contributed by atoms with Crippen molar-refractivity contribution in [3.63, 3.8) is 0 Å². The average molecular weight is 334 g/mol. The second-order valence-corrected chi connectivity index (χ2v) is 7.27. The van der Waals surface area contributed by atoms with Crippen LogP contribution in [0, 0.1) is 0 Å². The molecule has 2 heterocycles. The Kier molecular flexibility index (Phi) is 3.64. The van der Waals surface area contributed by atoms with Crippen molar-refractivity contribution in [3.8, 4) is 0 Å². The summed E-state index contributed by atoms with van der Waals surface area (Å²) in [4.78, 5) is 19.2. The molecule has 4 heteroatoms. The third kappa shape index (κ3) is 2.82. The number of benzene rings is 1. The maximum Gasteiger partial charge on any atom is 0.354 e. The van der Waals surface area contributed by atoms with Gasteiger partial charge in [0.1, 0.15) is 5.69 Å². The standard InChI is InChI=1S/C21H22N2O2/c1-3-13-7-8-15-16(12-14-5-4-6-17(22-14)20(24)25)19(21(2)9-10-21)23-18(15)11-13/h4-8,11,23H,3,9-10,12H2,1-2H3,(H,24,25). The van der Waals surface area contributed by atoms with Gasteiger partial charge in [-0.15, -0.1) is 0 Å². The van der Waals surface area contributed by atoms with Gasteiger partial charge in [0.05, 0.1) is 0 Å². The van der Waals surface area contributed by atoms with Crippen LogP contribution in [0.2, 0.25) is 0 Å². The van der Waals surface area contributed by atoms with Gasteiger partial charge < -0.3 is 10.1 Å². The summed E-state index contributed by atoms with van der Waals surface area (Å²) in [6.07, 6.45) is 4.04. The van der Waals surface area contributed by atoms with E-state index in [9.17, 15) is 9.90 Å². The number of carboxylic acids is 1. The van der Waals surface area contributed by atoms with E-state index in [1.165, 1.54) is 46.6 Å². The van der Waals surface area contributed by atoms with E-state index in [4.69, 9.17) is 0 Å². The lowest BCUT2D eigenvalue weighted by molar-refractivity contribution is 0.0690. The zero-order valence-corrected chi connectivity index (χ0v) is 14.6. The number of H-pyrrole nitrogens is 1. The molecule has 1 saturated carbocycles. The van der Waals surface area contributed by atoms with Crippen molar-refractivity contribution in [2.75, 3.05) is 0 Å². The fraction of sp³-hybridized carbons (Fsp3) is 0.333. The number of hydrogen-bond donors (Lipinski definition) is 2. The van der Waals surface area contributed by atoms with Gasteiger partial charge in [-0.2, -0.15) is 0 Å². The molecule has 0 radical (unpaired) electrons. The molecule has 0 amide bonds. The minimum absolute atomic E-state index is 0.102. The van der Waals surface area contributed by atoms with Crippen LogP contribution in [0.25, 0.3) is 10.9 Å². The number of carbonyl (C=O) groups is 1. The number of aromatic nitrogens is 2. The normalized spacial score (nSPS) is 15.4. The topological polar surface area (TPSA) is 66.0 Å². The van der Waals surface area contributed by atoms with Crippen LogP contribution in [0.15, 0.2) is 36.4 Å². The van der Waals surface area contributed by atoms with Crippen molar-refractivity contribution in [1.82, 2.24) is 9.97 Å². The molecule has 0 bridgehead atoms. The van der Waals surface area contributed by atoms with Crippen molar-refractivity contribution in [2.24, 2.45) is 0 Å². The fourth-order valence-electron chi connectivity index (χ4n) is 3.54. The lowest BCUT2D eigenvalue weighted by Gasteiger charge is -2.11. The Balaban J connectivity index is 1.82. The quantitative estimate of drug-likeness (QED) is 0.723. The van der Waals surface area contributed by atoms with Crippen LogP contribution >= 0.6 is 0 Å². The molecule has 0 saturated heterocycles. The lowest BCUT2D eigenvalue weighted by atomic mass is 9.96. The molecule has 1 aliphatic rings. The van der Waals surface area contributed by atoms with Gasteiger partial charge in [-0.3, -0.25) is 0 Å². The van der Waals surface area contributed by atoms with Gasteiger partial charge in [0.25, 0.3) is 0 Å². The molecular weight excluding hydrogens is 312 g/mol. The molecule has 0 aliphatic heterocycles. The number of hydrogen-bond acceptors (Lipinski definition) is 2. The van der Waals surface area contributed by atoms with E-state index >= 15 is 0 Å². The number of rotatable bonds is 5. The largest absolute Gasteiger partial charge is 0.477 e. The van der Waals surface area contributed by atoms with Crippen molar-refractivity contribution >= 4 is 16.9 Å². The Morgan fingerprint density at radius 3 is 2.76 bits per heavy atom. The SMILES string of the molecule is CCc1ccc2c(Cc3cccc(C(=O)O)n3)c(C3(C)CC3)[nH]c2c1. The fourth-order valence-corrected chi connectivity index (χ4v) is 3.54. The summed E-state index contributed by atoms with van der Waals surface area (Å²) < 4.78 is 0. The van der Waals surface area contributed by atoms with Crippen LogP contribution in [-0.4, -0.2) is 21.0 Å². The second-order valence-electron chi connectivity index (χ2n) is 7.27. The third-order valence-electron chi connectivity index (χ3n) is 5.37. The highest BCUT2D eigenvalue weighted by Crippen LogP contribution is 2.50. The van der Waals surface area contributed by atoms with E-state index in [1.54, 1.807) is 6.07 Å². The Morgan fingerprint density at radius 2 is 2.08 bits per heavy atom. The van der Waals surface area contributed by atoms with E-state index in [2.05, 4.69) is 42.0 Å². The first kappa shape index (κ1) is 15.9. The Labute approximate surface area is 146 Å². The van der Waals surface area contributed by atoms with Gasteiger partial charge in [-0.05, 0) is 48.6 Å². The average Bonchev–Trinajstić information content (AvgIpc) is 3.26. The van der Waals surface area contributed by atoms with Crippen molar-refractivity contribution in [2.45, 2.75) is 44.9 Å². The highest BCUT2D eigenvalue weighted by atomic mass is 16.4. The van der Waals surface area contributed by atoms with E-state index < -0.39 is 5.97 Å². The van der Waals surface area contributed by atoms with Crippen LogP contribution in [0.4, 0.5) is 0 Å². The number of pyridine rings is 1. The first-order valence-electron chi connectivity index (χ1n) is 8.83. The minimum atomic E-state index is -0.984. The number of nitrogens with zero attached hydrogens (tertiary/aromatic N) is 1. The molecule has 0 unspecified atom stereocenters. The molecule has 2 N–H and O–H groups in total. The smallest absolute Gasteiger partial charge is 0.354 e. The van der Waals surface area contributed by atoms with Crippen LogP contribution in [0.3, 0.4) is 0 Å². The van der Waals surface area contributed by atoms with Gasteiger partial charge >= 0.3 is 5.97 Å². The van der Waals surface area contributed by atoms with E-state index in [1.807, 2.05) is 6.07 Å². The molecule has 1 aromatic carbocycles. The van der Waals surface area contributed by atoms with E-state index in [0.29, 0.717) is 6.42 Å². The molecule has 1 fully saturated rings. The van der Waals surface area contributed by atoms with Crippen molar-refractivity contribution < 1.29 is 9.90 Å². The molecule has 3 aromatic rings. The van der Waals surface area contributed by atoms with Crippen LogP contribution in [-0.2, 0) is 18.3 Å². The Bertz CT molecular complexity index is 967. The highest BCUT2D eigenvalue weighted by molar-refractivity contribution is 5.87. The summed E-state index contributed by atoms with van der Waals surface area (Å²) in [5, 5.41) is 10.4. The zero-order valence-electron chi connectivity index (χ0n) is 14.6. The number of fused-ring (bicyclic) bond motifs is 1. The molecule has 25 heavy (non-hydrogen) atoms. The van der Waals surface area contributed by atoms with Crippen molar-refractivity contribution in [1.29, 1.82) is 0 Å². The molecular formula is C21H22N2O2. The van der Waals surface area contributed by atoms with Crippen molar-refractivity contribution in [3.05, 3.63) is 64.6 Å². The van der Waals surface area contributed by atoms with Crippen LogP contribution < -0.4 is 0 Å². The van der Waals surface area contributed by atoms with Gasteiger partial charge in [-0.1, -0.05) is 32.0 Å². The summed E-state index contributed by atoms with van der Waals surface area (Å²) in [5.41, 5.74) is 6.15. The number of aromatic amines is 1. The summed E-state index contributed by atoms with van der Waals surface area (Å²) in [6.45, 7) is 4.46. The first-order valence-corrected chi connectivity index (χ1v) is 8.83. The predicted molar refractivity (Wildman–Crippen MR) is 98.3 cm³/mol. The summed E-state index contributed by atoms with van der Waals surface area (Å²) in [5.74, 6) is -0.984. The van der Waals surface area contributed by atoms with Gasteiger partial charge in [0, 0.05) is 34.1 Å². The van der Waals surface area contributed by atoms with E-state index in [0.717, 1.165) is 12.1 Å². The van der Waals surface area contributed by atoms with Crippen LogP contribution in [0.1, 0.15) is 59.7 Å².